The van der Waals surface area contributed by atoms with Gasteiger partial charge in [0.15, 0.2) is 0 Å². The van der Waals surface area contributed by atoms with Crippen LogP contribution in [0.4, 0.5) is 0 Å². The first-order chi connectivity index (χ1) is 12.0. The number of hydrogen-bond acceptors (Lipinski definition) is 4. The summed E-state index contributed by atoms with van der Waals surface area (Å²) in [6, 6.07) is 12.1. The molecule has 1 heterocycles. The molecule has 3 rings (SSSR count). The van der Waals surface area contributed by atoms with Gasteiger partial charge in [-0.2, -0.15) is 0 Å². The molecule has 0 atom stereocenters. The van der Waals surface area contributed by atoms with E-state index in [4.69, 9.17) is 9.15 Å². The lowest BCUT2D eigenvalue weighted by atomic mass is 10.0. The van der Waals surface area contributed by atoms with Crippen LogP contribution in [0.5, 0.6) is 5.75 Å². The molecule has 0 radical (unpaired) electrons. The van der Waals surface area contributed by atoms with E-state index in [2.05, 4.69) is 5.32 Å². The molecule has 0 saturated carbocycles. The lowest BCUT2D eigenvalue weighted by Crippen LogP contribution is -2.23. The number of ether oxygens (including phenoxy) is 1. The van der Waals surface area contributed by atoms with Gasteiger partial charge in [-0.3, -0.25) is 4.79 Å². The fraction of sp³-hybridized carbons (Fsp3) is 0.200. The molecule has 0 spiro atoms. The van der Waals surface area contributed by atoms with Crippen molar-refractivity contribution in [2.24, 2.45) is 0 Å². The van der Waals surface area contributed by atoms with Gasteiger partial charge >= 0.3 is 5.63 Å². The number of hydrogen-bond donors (Lipinski definition) is 1. The van der Waals surface area contributed by atoms with Gasteiger partial charge in [0.2, 0.25) is 0 Å². The Morgan fingerprint density at radius 2 is 1.84 bits per heavy atom. The number of fused-ring (bicyclic) bond motifs is 1. The molecule has 1 aromatic heterocycles. The highest BCUT2D eigenvalue weighted by atomic mass is 16.5. The molecule has 0 saturated heterocycles. The SMILES string of the molecule is COc1ccc(C(=O)NCc2cc(=O)oc3cc(C)cc(C)c23)cc1. The summed E-state index contributed by atoms with van der Waals surface area (Å²) in [7, 11) is 1.57. The molecule has 128 valence electrons. The van der Waals surface area contributed by atoms with Gasteiger partial charge in [-0.25, -0.2) is 4.79 Å². The van der Waals surface area contributed by atoms with Gasteiger partial charge in [0.05, 0.1) is 7.11 Å². The maximum absolute atomic E-state index is 12.3. The van der Waals surface area contributed by atoms with E-state index in [0.29, 0.717) is 16.9 Å². The molecule has 0 bridgehead atoms. The topological polar surface area (TPSA) is 68.5 Å². The number of aryl methyl sites for hydroxylation is 2. The maximum atomic E-state index is 12.3. The van der Waals surface area contributed by atoms with Crippen molar-refractivity contribution in [3.05, 3.63) is 75.1 Å². The molecular weight excluding hydrogens is 318 g/mol. The summed E-state index contributed by atoms with van der Waals surface area (Å²) in [4.78, 5) is 24.1. The Hall–Kier alpha value is -3.08. The van der Waals surface area contributed by atoms with Gasteiger partial charge in [0.25, 0.3) is 5.91 Å². The van der Waals surface area contributed by atoms with Gasteiger partial charge < -0.3 is 14.5 Å². The Balaban J connectivity index is 1.87. The van der Waals surface area contributed by atoms with Crippen molar-refractivity contribution >= 4 is 16.9 Å². The lowest BCUT2D eigenvalue weighted by Gasteiger charge is -2.10. The summed E-state index contributed by atoms with van der Waals surface area (Å²) in [5.41, 5.74) is 3.41. The first-order valence-corrected chi connectivity index (χ1v) is 7.94. The summed E-state index contributed by atoms with van der Waals surface area (Å²) in [5, 5.41) is 3.71. The van der Waals surface area contributed by atoms with Gasteiger partial charge in [0.1, 0.15) is 11.3 Å². The number of amides is 1. The quantitative estimate of drug-likeness (QED) is 0.741. The Bertz CT molecular complexity index is 987. The first-order valence-electron chi connectivity index (χ1n) is 7.94. The van der Waals surface area contributed by atoms with E-state index >= 15 is 0 Å². The van der Waals surface area contributed by atoms with Crippen LogP contribution in [-0.2, 0) is 6.54 Å². The number of rotatable bonds is 4. The van der Waals surface area contributed by atoms with Crippen molar-refractivity contribution in [1.29, 1.82) is 0 Å². The third kappa shape index (κ3) is 3.55. The Morgan fingerprint density at radius 1 is 1.12 bits per heavy atom. The Morgan fingerprint density at radius 3 is 2.52 bits per heavy atom. The summed E-state index contributed by atoms with van der Waals surface area (Å²) < 4.78 is 10.4. The molecule has 2 aromatic carbocycles. The molecule has 0 aliphatic rings. The van der Waals surface area contributed by atoms with E-state index in [9.17, 15) is 9.59 Å². The second kappa shape index (κ2) is 6.81. The van der Waals surface area contributed by atoms with E-state index in [0.717, 1.165) is 22.1 Å². The number of carbonyl (C=O) groups excluding carboxylic acids is 1. The molecule has 0 fully saturated rings. The highest BCUT2D eigenvalue weighted by Crippen LogP contribution is 2.23. The van der Waals surface area contributed by atoms with Gasteiger partial charge in [-0.15, -0.1) is 0 Å². The second-order valence-electron chi connectivity index (χ2n) is 5.96. The normalized spacial score (nSPS) is 10.7. The average Bonchev–Trinajstić information content (AvgIpc) is 2.58. The molecule has 1 amide bonds. The third-order valence-electron chi connectivity index (χ3n) is 4.06. The first kappa shape index (κ1) is 16.8. The molecule has 0 aliphatic heterocycles. The van der Waals surface area contributed by atoms with Crippen molar-refractivity contribution in [3.8, 4) is 5.75 Å². The molecule has 0 aliphatic carbocycles. The zero-order valence-corrected chi connectivity index (χ0v) is 14.4. The zero-order chi connectivity index (χ0) is 18.0. The number of methoxy groups -OCH3 is 1. The minimum absolute atomic E-state index is 0.214. The largest absolute Gasteiger partial charge is 0.497 e. The minimum Gasteiger partial charge on any atom is -0.497 e. The van der Waals surface area contributed by atoms with Crippen LogP contribution in [0.1, 0.15) is 27.0 Å². The zero-order valence-electron chi connectivity index (χ0n) is 14.4. The van der Waals surface area contributed by atoms with E-state index < -0.39 is 5.63 Å². The molecule has 3 aromatic rings. The fourth-order valence-electron chi connectivity index (χ4n) is 2.93. The highest BCUT2D eigenvalue weighted by molar-refractivity contribution is 5.94. The summed E-state index contributed by atoms with van der Waals surface area (Å²) >= 11 is 0. The fourth-order valence-corrected chi connectivity index (χ4v) is 2.93. The van der Waals surface area contributed by atoms with Crippen LogP contribution in [-0.4, -0.2) is 13.0 Å². The van der Waals surface area contributed by atoms with Crippen LogP contribution in [0.15, 0.2) is 51.7 Å². The van der Waals surface area contributed by atoms with E-state index in [1.807, 2.05) is 26.0 Å². The molecule has 0 unspecified atom stereocenters. The van der Waals surface area contributed by atoms with Crippen LogP contribution in [0.2, 0.25) is 0 Å². The van der Waals surface area contributed by atoms with E-state index in [1.54, 1.807) is 31.4 Å². The van der Waals surface area contributed by atoms with Crippen molar-refractivity contribution in [1.82, 2.24) is 5.32 Å². The number of nitrogens with one attached hydrogen (secondary N) is 1. The van der Waals surface area contributed by atoms with Gasteiger partial charge in [-0.1, -0.05) is 6.07 Å². The smallest absolute Gasteiger partial charge is 0.336 e. The number of benzene rings is 2. The summed E-state index contributed by atoms with van der Waals surface area (Å²) in [6.07, 6.45) is 0. The lowest BCUT2D eigenvalue weighted by molar-refractivity contribution is 0.0951. The second-order valence-corrected chi connectivity index (χ2v) is 5.96. The van der Waals surface area contributed by atoms with Crippen molar-refractivity contribution in [2.45, 2.75) is 20.4 Å². The van der Waals surface area contributed by atoms with Crippen molar-refractivity contribution in [2.75, 3.05) is 7.11 Å². The summed E-state index contributed by atoms with van der Waals surface area (Å²) in [5.74, 6) is 0.475. The Labute approximate surface area is 145 Å². The van der Waals surface area contributed by atoms with Crippen LogP contribution in [0.3, 0.4) is 0 Å². The molecular formula is C20H19NO4. The van der Waals surface area contributed by atoms with Gasteiger partial charge in [-0.05, 0) is 60.9 Å². The molecule has 5 heteroatoms. The Kier molecular flexibility index (Phi) is 4.57. The number of carbonyl (C=O) groups is 1. The van der Waals surface area contributed by atoms with Crippen LogP contribution in [0.25, 0.3) is 11.0 Å². The third-order valence-corrected chi connectivity index (χ3v) is 4.06. The monoisotopic (exact) mass is 337 g/mol. The van der Waals surface area contributed by atoms with E-state index in [-0.39, 0.29) is 12.5 Å². The highest BCUT2D eigenvalue weighted by Gasteiger charge is 2.11. The van der Waals surface area contributed by atoms with Crippen molar-refractivity contribution < 1.29 is 13.9 Å². The predicted molar refractivity (Wildman–Crippen MR) is 96.1 cm³/mol. The van der Waals surface area contributed by atoms with Crippen molar-refractivity contribution in [3.63, 3.8) is 0 Å². The van der Waals surface area contributed by atoms with E-state index in [1.165, 1.54) is 6.07 Å². The van der Waals surface area contributed by atoms with Crippen LogP contribution >= 0.6 is 0 Å². The molecule has 25 heavy (non-hydrogen) atoms. The van der Waals surface area contributed by atoms with Crippen LogP contribution < -0.4 is 15.7 Å². The molecule has 1 N–H and O–H groups in total. The predicted octanol–water partition coefficient (Wildman–Crippen LogP) is 3.35. The maximum Gasteiger partial charge on any atom is 0.336 e. The summed E-state index contributed by atoms with van der Waals surface area (Å²) in [6.45, 7) is 4.16. The molecule has 5 nitrogen and oxygen atoms in total. The standard InChI is InChI=1S/C20H19NO4/c1-12-8-13(2)19-15(10-18(22)25-17(19)9-12)11-21-20(23)14-4-6-16(24-3)7-5-14/h4-10H,11H2,1-3H3,(H,21,23). The van der Waals surface area contributed by atoms with Gasteiger partial charge in [0, 0.05) is 23.6 Å². The van der Waals surface area contributed by atoms with Crippen LogP contribution in [0, 0.1) is 13.8 Å². The minimum atomic E-state index is -0.425. The average molecular weight is 337 g/mol.